The molecule has 1 fully saturated rings. The lowest BCUT2D eigenvalue weighted by Gasteiger charge is -2.15. The second kappa shape index (κ2) is 5.72. The number of aliphatic hydroxyl groups is 1. The second-order valence-corrected chi connectivity index (χ2v) is 6.47. The van der Waals surface area contributed by atoms with Crippen molar-refractivity contribution in [2.45, 2.75) is 31.8 Å². The van der Waals surface area contributed by atoms with E-state index in [0.29, 0.717) is 5.56 Å². The molecule has 1 aromatic rings. The summed E-state index contributed by atoms with van der Waals surface area (Å²) in [5.41, 5.74) is -0.865. The van der Waals surface area contributed by atoms with E-state index >= 15 is 0 Å². The SMILES string of the molecule is Cc1cn([C@H]2C[C@@H](OS(C)(=O)=O)[C@H](CO)O2)c(=O)[nH]c1=O. The largest absolute Gasteiger partial charge is 0.394 e. The van der Waals surface area contributed by atoms with Crippen molar-refractivity contribution in [2.24, 2.45) is 0 Å². The third-order valence-corrected chi connectivity index (χ3v) is 3.71. The van der Waals surface area contributed by atoms with E-state index in [1.165, 1.54) is 13.1 Å². The van der Waals surface area contributed by atoms with E-state index in [2.05, 4.69) is 4.98 Å². The number of aryl methyl sites for hydroxylation is 1. The Kier molecular flexibility index (Phi) is 4.33. The summed E-state index contributed by atoms with van der Waals surface area (Å²) in [4.78, 5) is 25.2. The minimum absolute atomic E-state index is 0.0592. The summed E-state index contributed by atoms with van der Waals surface area (Å²) in [5.74, 6) is 0. The molecule has 2 N–H and O–H groups in total. The van der Waals surface area contributed by atoms with Crippen LogP contribution in [0.5, 0.6) is 0 Å². The molecule has 2 rings (SSSR count). The predicted octanol–water partition coefficient (Wildman–Crippen LogP) is -1.53. The van der Waals surface area contributed by atoms with E-state index in [0.717, 1.165) is 10.8 Å². The maximum Gasteiger partial charge on any atom is 0.330 e. The lowest BCUT2D eigenvalue weighted by atomic mass is 10.2. The summed E-state index contributed by atoms with van der Waals surface area (Å²) in [5, 5.41) is 9.22. The van der Waals surface area contributed by atoms with Crippen LogP contribution in [-0.2, 0) is 19.0 Å². The number of aromatic amines is 1. The van der Waals surface area contributed by atoms with Gasteiger partial charge in [0.2, 0.25) is 0 Å². The molecule has 0 aliphatic carbocycles. The highest BCUT2D eigenvalue weighted by Gasteiger charge is 2.39. The topological polar surface area (TPSA) is 128 Å². The van der Waals surface area contributed by atoms with Crippen molar-refractivity contribution in [1.29, 1.82) is 0 Å². The van der Waals surface area contributed by atoms with Gasteiger partial charge in [0.1, 0.15) is 18.4 Å². The number of hydrogen-bond donors (Lipinski definition) is 2. The molecule has 21 heavy (non-hydrogen) atoms. The fraction of sp³-hybridized carbons (Fsp3) is 0.636. The zero-order valence-electron chi connectivity index (χ0n) is 11.5. The molecule has 0 spiro atoms. The fourth-order valence-corrected chi connectivity index (χ4v) is 2.81. The number of ether oxygens (including phenoxy) is 1. The molecule has 0 amide bonds. The van der Waals surface area contributed by atoms with Gasteiger partial charge < -0.3 is 9.84 Å². The average molecular weight is 320 g/mol. The minimum atomic E-state index is -3.72. The Morgan fingerprint density at radius 3 is 2.76 bits per heavy atom. The molecule has 9 nitrogen and oxygen atoms in total. The molecule has 10 heteroatoms. The van der Waals surface area contributed by atoms with Crippen LogP contribution in [0.1, 0.15) is 18.2 Å². The van der Waals surface area contributed by atoms with Gasteiger partial charge in [0.15, 0.2) is 0 Å². The molecule has 3 atom stereocenters. The molecule has 0 radical (unpaired) electrons. The Bertz CT molecular complexity index is 736. The Hall–Kier alpha value is -1.49. The monoisotopic (exact) mass is 320 g/mol. The van der Waals surface area contributed by atoms with Crippen molar-refractivity contribution in [3.63, 3.8) is 0 Å². The van der Waals surface area contributed by atoms with E-state index in [9.17, 15) is 23.1 Å². The highest BCUT2D eigenvalue weighted by atomic mass is 32.2. The van der Waals surface area contributed by atoms with Gasteiger partial charge in [-0.25, -0.2) is 4.79 Å². The Morgan fingerprint density at radius 1 is 1.52 bits per heavy atom. The van der Waals surface area contributed by atoms with Gasteiger partial charge in [0.25, 0.3) is 15.7 Å². The molecular formula is C11H16N2O7S. The van der Waals surface area contributed by atoms with Crippen molar-refractivity contribution < 1.29 is 22.4 Å². The Labute approximate surface area is 120 Å². The molecule has 0 bridgehead atoms. The summed E-state index contributed by atoms with van der Waals surface area (Å²) in [7, 11) is -3.72. The standard InChI is InChI=1S/C11H16N2O7S/c1-6-4-13(11(16)12-10(6)15)9-3-7(8(5-14)19-9)20-21(2,17)18/h4,7-9,14H,3,5H2,1-2H3,(H,12,15,16)/t7-,8+,9-/m1/s1. The average Bonchev–Trinajstić information content (AvgIpc) is 2.74. The normalized spacial score (nSPS) is 26.1. The number of aliphatic hydroxyl groups excluding tert-OH is 1. The van der Waals surface area contributed by atoms with Gasteiger partial charge in [0.05, 0.1) is 12.9 Å². The second-order valence-electron chi connectivity index (χ2n) is 4.86. The Balaban J connectivity index is 2.29. The molecule has 0 unspecified atom stereocenters. The van der Waals surface area contributed by atoms with Crippen molar-refractivity contribution >= 4 is 10.1 Å². The van der Waals surface area contributed by atoms with Crippen LogP contribution in [0.4, 0.5) is 0 Å². The number of H-pyrrole nitrogens is 1. The number of aromatic nitrogens is 2. The summed E-state index contributed by atoms with van der Waals surface area (Å²) in [6.45, 7) is 1.07. The summed E-state index contributed by atoms with van der Waals surface area (Å²) < 4.78 is 33.8. The van der Waals surface area contributed by atoms with Crippen LogP contribution in [0, 0.1) is 6.92 Å². The van der Waals surface area contributed by atoms with Crippen molar-refractivity contribution in [2.75, 3.05) is 12.9 Å². The highest BCUT2D eigenvalue weighted by molar-refractivity contribution is 7.86. The first kappa shape index (κ1) is 15.9. The zero-order valence-corrected chi connectivity index (χ0v) is 12.3. The third-order valence-electron chi connectivity index (χ3n) is 3.11. The lowest BCUT2D eigenvalue weighted by molar-refractivity contribution is -0.0413. The lowest BCUT2D eigenvalue weighted by Crippen LogP contribution is -2.33. The van der Waals surface area contributed by atoms with Crippen LogP contribution in [0.25, 0.3) is 0 Å². The first-order valence-corrected chi connectivity index (χ1v) is 7.99. The van der Waals surface area contributed by atoms with Gasteiger partial charge in [-0.05, 0) is 6.92 Å². The third kappa shape index (κ3) is 3.59. The summed E-state index contributed by atoms with van der Waals surface area (Å²) in [6, 6.07) is 0. The van der Waals surface area contributed by atoms with E-state index in [1.54, 1.807) is 0 Å². The molecule has 2 heterocycles. The van der Waals surface area contributed by atoms with Gasteiger partial charge in [-0.3, -0.25) is 18.5 Å². The maximum absolute atomic E-state index is 11.8. The van der Waals surface area contributed by atoms with Crippen molar-refractivity contribution in [3.05, 3.63) is 32.6 Å². The van der Waals surface area contributed by atoms with E-state index < -0.39 is 46.4 Å². The van der Waals surface area contributed by atoms with Crippen LogP contribution in [0.2, 0.25) is 0 Å². The van der Waals surface area contributed by atoms with Crippen LogP contribution in [0.15, 0.2) is 15.8 Å². The molecule has 118 valence electrons. The molecule has 1 saturated heterocycles. The molecule has 1 aromatic heterocycles. The quantitative estimate of drug-likeness (QED) is 0.644. The van der Waals surface area contributed by atoms with Gasteiger partial charge >= 0.3 is 5.69 Å². The zero-order chi connectivity index (χ0) is 15.8. The molecule has 1 aliphatic rings. The molecule has 0 aromatic carbocycles. The van der Waals surface area contributed by atoms with Gasteiger partial charge in [-0.1, -0.05) is 0 Å². The Morgan fingerprint density at radius 2 is 2.19 bits per heavy atom. The van der Waals surface area contributed by atoms with Crippen LogP contribution in [-0.4, -0.2) is 48.1 Å². The van der Waals surface area contributed by atoms with Crippen LogP contribution >= 0.6 is 0 Å². The number of rotatable bonds is 4. The minimum Gasteiger partial charge on any atom is -0.394 e. The van der Waals surface area contributed by atoms with E-state index in [4.69, 9.17) is 8.92 Å². The number of nitrogens with zero attached hydrogens (tertiary/aromatic N) is 1. The van der Waals surface area contributed by atoms with E-state index in [-0.39, 0.29) is 6.42 Å². The first-order valence-electron chi connectivity index (χ1n) is 6.18. The van der Waals surface area contributed by atoms with E-state index in [1.807, 2.05) is 0 Å². The molecule has 1 aliphatic heterocycles. The smallest absolute Gasteiger partial charge is 0.330 e. The fourth-order valence-electron chi connectivity index (χ4n) is 2.16. The van der Waals surface area contributed by atoms with Crippen LogP contribution < -0.4 is 11.2 Å². The van der Waals surface area contributed by atoms with Gasteiger partial charge in [0, 0.05) is 18.2 Å². The molecular weight excluding hydrogens is 304 g/mol. The van der Waals surface area contributed by atoms with Crippen molar-refractivity contribution in [3.8, 4) is 0 Å². The summed E-state index contributed by atoms with van der Waals surface area (Å²) in [6.07, 6.45) is -0.312. The van der Waals surface area contributed by atoms with Crippen LogP contribution in [0.3, 0.4) is 0 Å². The number of hydrogen-bond acceptors (Lipinski definition) is 7. The van der Waals surface area contributed by atoms with Gasteiger partial charge in [-0.2, -0.15) is 8.42 Å². The van der Waals surface area contributed by atoms with Gasteiger partial charge in [-0.15, -0.1) is 0 Å². The summed E-state index contributed by atoms with van der Waals surface area (Å²) >= 11 is 0. The predicted molar refractivity (Wildman–Crippen MR) is 71.4 cm³/mol. The highest BCUT2D eigenvalue weighted by Crippen LogP contribution is 2.30. The first-order chi connectivity index (χ1) is 9.71. The molecule has 0 saturated carbocycles. The maximum atomic E-state index is 11.8. The number of nitrogens with one attached hydrogen (secondary N) is 1. The van der Waals surface area contributed by atoms with Crippen molar-refractivity contribution in [1.82, 2.24) is 9.55 Å².